The molecule has 1 rings (SSSR count). The molecule has 0 aliphatic rings. The molecule has 1 atom stereocenters. The van der Waals surface area contributed by atoms with E-state index in [0.29, 0.717) is 5.92 Å². The molecule has 0 fully saturated rings. The van der Waals surface area contributed by atoms with Crippen LogP contribution in [0.5, 0.6) is 5.75 Å². The maximum absolute atomic E-state index is 6.12. The molecule has 0 spiro atoms. The molecule has 0 aliphatic heterocycles. The van der Waals surface area contributed by atoms with Gasteiger partial charge in [0.25, 0.3) is 0 Å². The predicted octanol–water partition coefficient (Wildman–Crippen LogP) is 3.44. The predicted molar refractivity (Wildman–Crippen MR) is 68.7 cm³/mol. The van der Waals surface area contributed by atoms with Gasteiger partial charge in [0.15, 0.2) is 0 Å². The molecular formula is C14H23NO. The molecule has 0 heterocycles. The Labute approximate surface area is 98.8 Å². The van der Waals surface area contributed by atoms with E-state index < -0.39 is 0 Å². The molecule has 2 N–H and O–H groups in total. The Kier molecular flexibility index (Phi) is 4.81. The van der Waals surface area contributed by atoms with Crippen molar-refractivity contribution >= 4 is 0 Å². The monoisotopic (exact) mass is 221 g/mol. The first-order chi connectivity index (χ1) is 7.56. The molecular weight excluding hydrogens is 198 g/mol. The van der Waals surface area contributed by atoms with Crippen LogP contribution in [-0.4, -0.2) is 6.61 Å². The fourth-order valence-electron chi connectivity index (χ4n) is 1.64. The number of ether oxygens (including phenoxy) is 1. The Hall–Kier alpha value is -1.02. The number of hydrogen-bond acceptors (Lipinski definition) is 2. The second-order valence-corrected chi connectivity index (χ2v) is 4.64. The molecule has 0 bridgehead atoms. The third kappa shape index (κ3) is 3.24. The summed E-state index contributed by atoms with van der Waals surface area (Å²) >= 11 is 0. The van der Waals surface area contributed by atoms with E-state index in [1.54, 1.807) is 0 Å². The minimum Gasteiger partial charge on any atom is -0.493 e. The van der Waals surface area contributed by atoms with Gasteiger partial charge in [-0.15, -0.1) is 0 Å². The van der Waals surface area contributed by atoms with Gasteiger partial charge in [0.05, 0.1) is 6.61 Å². The van der Waals surface area contributed by atoms with Crippen LogP contribution in [0.2, 0.25) is 0 Å². The smallest absolute Gasteiger partial charge is 0.122 e. The van der Waals surface area contributed by atoms with Crippen LogP contribution in [0.1, 0.15) is 44.4 Å². The third-order valence-electron chi connectivity index (χ3n) is 2.76. The van der Waals surface area contributed by atoms with Crippen molar-refractivity contribution in [2.45, 2.75) is 40.2 Å². The second-order valence-electron chi connectivity index (χ2n) is 4.64. The molecule has 0 saturated heterocycles. The number of rotatable bonds is 5. The zero-order valence-electron chi connectivity index (χ0n) is 10.8. The lowest BCUT2D eigenvalue weighted by atomic mass is 9.95. The Morgan fingerprint density at radius 3 is 2.50 bits per heavy atom. The van der Waals surface area contributed by atoms with Crippen LogP contribution in [-0.2, 0) is 0 Å². The van der Waals surface area contributed by atoms with Gasteiger partial charge in [0.2, 0.25) is 0 Å². The fourth-order valence-corrected chi connectivity index (χ4v) is 1.64. The van der Waals surface area contributed by atoms with Gasteiger partial charge in [0, 0.05) is 6.04 Å². The zero-order chi connectivity index (χ0) is 12.1. The van der Waals surface area contributed by atoms with E-state index in [0.717, 1.165) is 18.8 Å². The quantitative estimate of drug-likeness (QED) is 0.826. The molecule has 0 aliphatic carbocycles. The molecule has 0 amide bonds. The maximum Gasteiger partial charge on any atom is 0.122 e. The van der Waals surface area contributed by atoms with Crippen LogP contribution in [0, 0.1) is 12.8 Å². The average molecular weight is 221 g/mol. The Morgan fingerprint density at radius 1 is 1.31 bits per heavy atom. The summed E-state index contributed by atoms with van der Waals surface area (Å²) in [7, 11) is 0. The number of aryl methyl sites for hydroxylation is 1. The molecule has 1 aromatic carbocycles. The average Bonchev–Trinajstić information content (AvgIpc) is 2.26. The molecule has 16 heavy (non-hydrogen) atoms. The van der Waals surface area contributed by atoms with Gasteiger partial charge in [-0.05, 0) is 36.5 Å². The normalized spacial score (nSPS) is 12.9. The largest absolute Gasteiger partial charge is 0.493 e. The van der Waals surface area contributed by atoms with Gasteiger partial charge in [-0.25, -0.2) is 0 Å². The minimum absolute atomic E-state index is 0.110. The SMILES string of the molecule is CCCOc1ccc(C(N)C(C)C)cc1C. The van der Waals surface area contributed by atoms with Crippen LogP contribution in [0.25, 0.3) is 0 Å². The summed E-state index contributed by atoms with van der Waals surface area (Å²) < 4.78 is 5.64. The number of hydrogen-bond donors (Lipinski definition) is 1. The summed E-state index contributed by atoms with van der Waals surface area (Å²) in [4.78, 5) is 0. The highest BCUT2D eigenvalue weighted by Gasteiger charge is 2.11. The number of benzene rings is 1. The van der Waals surface area contributed by atoms with Crippen LogP contribution >= 0.6 is 0 Å². The Bertz CT molecular complexity index is 334. The first-order valence-corrected chi connectivity index (χ1v) is 6.05. The summed E-state index contributed by atoms with van der Waals surface area (Å²) in [5.74, 6) is 1.43. The van der Waals surface area contributed by atoms with E-state index in [-0.39, 0.29) is 6.04 Å². The Morgan fingerprint density at radius 2 is 2.00 bits per heavy atom. The van der Waals surface area contributed by atoms with Crippen LogP contribution in [0.15, 0.2) is 18.2 Å². The van der Waals surface area contributed by atoms with Crippen molar-refractivity contribution in [1.82, 2.24) is 0 Å². The van der Waals surface area contributed by atoms with Crippen LogP contribution in [0.3, 0.4) is 0 Å². The fraction of sp³-hybridized carbons (Fsp3) is 0.571. The molecule has 2 heteroatoms. The van der Waals surface area contributed by atoms with Gasteiger partial charge < -0.3 is 10.5 Å². The highest BCUT2D eigenvalue weighted by Crippen LogP contribution is 2.25. The lowest BCUT2D eigenvalue weighted by Gasteiger charge is -2.17. The molecule has 1 aromatic rings. The Balaban J connectivity index is 2.82. The van der Waals surface area contributed by atoms with Gasteiger partial charge >= 0.3 is 0 Å². The van der Waals surface area contributed by atoms with Crippen molar-refractivity contribution < 1.29 is 4.74 Å². The van der Waals surface area contributed by atoms with Crippen LogP contribution in [0.4, 0.5) is 0 Å². The van der Waals surface area contributed by atoms with Gasteiger partial charge in [-0.1, -0.05) is 32.9 Å². The lowest BCUT2D eigenvalue weighted by Crippen LogP contribution is -2.16. The van der Waals surface area contributed by atoms with Crippen molar-refractivity contribution in [3.05, 3.63) is 29.3 Å². The molecule has 2 nitrogen and oxygen atoms in total. The van der Waals surface area contributed by atoms with E-state index in [1.165, 1.54) is 11.1 Å². The van der Waals surface area contributed by atoms with Crippen molar-refractivity contribution in [1.29, 1.82) is 0 Å². The standard InChI is InChI=1S/C14H23NO/c1-5-8-16-13-7-6-12(9-11(13)4)14(15)10(2)3/h6-7,9-10,14H,5,8,15H2,1-4H3. The third-order valence-corrected chi connectivity index (χ3v) is 2.76. The van der Waals surface area contributed by atoms with Crippen molar-refractivity contribution in [3.63, 3.8) is 0 Å². The van der Waals surface area contributed by atoms with Crippen molar-refractivity contribution in [2.24, 2.45) is 11.7 Å². The first-order valence-electron chi connectivity index (χ1n) is 6.05. The molecule has 0 radical (unpaired) electrons. The molecule has 0 saturated carbocycles. The first kappa shape index (κ1) is 13.0. The van der Waals surface area contributed by atoms with Crippen LogP contribution < -0.4 is 10.5 Å². The highest BCUT2D eigenvalue weighted by atomic mass is 16.5. The van der Waals surface area contributed by atoms with E-state index in [1.807, 2.05) is 6.07 Å². The summed E-state index contributed by atoms with van der Waals surface area (Å²) in [6, 6.07) is 6.35. The highest BCUT2D eigenvalue weighted by molar-refractivity contribution is 5.37. The lowest BCUT2D eigenvalue weighted by molar-refractivity contribution is 0.315. The summed E-state index contributed by atoms with van der Waals surface area (Å²) in [5, 5.41) is 0. The van der Waals surface area contributed by atoms with Crippen molar-refractivity contribution in [3.8, 4) is 5.75 Å². The summed E-state index contributed by atoms with van der Waals surface area (Å²) in [6.07, 6.45) is 1.03. The van der Waals surface area contributed by atoms with Gasteiger partial charge in [-0.3, -0.25) is 0 Å². The summed E-state index contributed by atoms with van der Waals surface area (Å²) in [5.41, 5.74) is 8.48. The zero-order valence-corrected chi connectivity index (χ0v) is 10.8. The van der Waals surface area contributed by atoms with E-state index in [9.17, 15) is 0 Å². The van der Waals surface area contributed by atoms with Gasteiger partial charge in [-0.2, -0.15) is 0 Å². The van der Waals surface area contributed by atoms with E-state index in [4.69, 9.17) is 10.5 Å². The second kappa shape index (κ2) is 5.90. The van der Waals surface area contributed by atoms with Gasteiger partial charge in [0.1, 0.15) is 5.75 Å². The van der Waals surface area contributed by atoms with Crippen molar-refractivity contribution in [2.75, 3.05) is 6.61 Å². The topological polar surface area (TPSA) is 35.2 Å². The van der Waals surface area contributed by atoms with E-state index in [2.05, 4.69) is 39.8 Å². The number of nitrogens with two attached hydrogens (primary N) is 1. The molecule has 0 aromatic heterocycles. The summed E-state index contributed by atoms with van der Waals surface area (Å²) in [6.45, 7) is 9.24. The maximum atomic E-state index is 6.12. The molecule has 1 unspecified atom stereocenters. The minimum atomic E-state index is 0.110. The van der Waals surface area contributed by atoms with E-state index >= 15 is 0 Å². The molecule has 90 valence electrons.